The van der Waals surface area contributed by atoms with Gasteiger partial charge < -0.3 is 4.74 Å². The van der Waals surface area contributed by atoms with Crippen molar-refractivity contribution in [3.63, 3.8) is 0 Å². The molecule has 0 saturated heterocycles. The van der Waals surface area contributed by atoms with Gasteiger partial charge in [-0.15, -0.1) is 0 Å². The molecular weight excluding hydrogens is 188 g/mol. The minimum atomic E-state index is 0.260. The lowest BCUT2D eigenvalue weighted by Crippen LogP contribution is -2.25. The third kappa shape index (κ3) is 4.78. The van der Waals surface area contributed by atoms with E-state index in [1.54, 1.807) is 0 Å². The summed E-state index contributed by atoms with van der Waals surface area (Å²) in [6.45, 7) is 4.62. The van der Waals surface area contributed by atoms with E-state index in [0.717, 1.165) is 25.2 Å². The molecule has 1 aliphatic carbocycles. The van der Waals surface area contributed by atoms with Crippen molar-refractivity contribution >= 4 is 5.78 Å². The maximum Gasteiger partial charge on any atom is 0.158 e. The average Bonchev–Trinajstić information content (AvgIpc) is 2.27. The highest BCUT2D eigenvalue weighted by Crippen LogP contribution is 2.28. The van der Waals surface area contributed by atoms with Gasteiger partial charge in [-0.1, -0.05) is 33.1 Å². The standard InChI is InChI=1S/C13H24O2/c1-3-6-12(14)10-15-13-8-5-7-11(4-2)9-13/h11,13H,3-10H2,1-2H3. The molecule has 0 aromatic heterocycles. The Hall–Kier alpha value is -0.370. The van der Waals surface area contributed by atoms with Gasteiger partial charge in [0.05, 0.1) is 6.10 Å². The van der Waals surface area contributed by atoms with Crippen LogP contribution in [-0.4, -0.2) is 18.5 Å². The predicted octanol–water partition coefficient (Wildman–Crippen LogP) is 3.34. The van der Waals surface area contributed by atoms with Gasteiger partial charge in [-0.05, 0) is 25.2 Å². The van der Waals surface area contributed by atoms with Crippen LogP contribution in [0.3, 0.4) is 0 Å². The van der Waals surface area contributed by atoms with Crippen LogP contribution in [0.25, 0.3) is 0 Å². The number of hydrogen-bond donors (Lipinski definition) is 0. The molecule has 0 N–H and O–H groups in total. The van der Waals surface area contributed by atoms with Gasteiger partial charge in [-0.2, -0.15) is 0 Å². The van der Waals surface area contributed by atoms with Crippen LogP contribution in [-0.2, 0) is 9.53 Å². The molecule has 0 amide bonds. The molecule has 1 fully saturated rings. The summed E-state index contributed by atoms with van der Waals surface area (Å²) in [6, 6.07) is 0. The van der Waals surface area contributed by atoms with Gasteiger partial charge in [0.2, 0.25) is 0 Å². The third-order valence-corrected chi connectivity index (χ3v) is 3.32. The van der Waals surface area contributed by atoms with E-state index >= 15 is 0 Å². The largest absolute Gasteiger partial charge is 0.370 e. The summed E-state index contributed by atoms with van der Waals surface area (Å²) < 4.78 is 5.68. The maximum atomic E-state index is 11.3. The van der Waals surface area contributed by atoms with Crippen molar-refractivity contribution < 1.29 is 9.53 Å². The zero-order valence-corrected chi connectivity index (χ0v) is 10.1. The molecule has 2 unspecified atom stereocenters. The highest BCUT2D eigenvalue weighted by atomic mass is 16.5. The molecular formula is C13H24O2. The number of ketones is 1. The Morgan fingerprint density at radius 1 is 1.33 bits per heavy atom. The van der Waals surface area contributed by atoms with Crippen LogP contribution in [0.2, 0.25) is 0 Å². The summed E-state index contributed by atoms with van der Waals surface area (Å²) in [7, 11) is 0. The summed E-state index contributed by atoms with van der Waals surface area (Å²) in [5.41, 5.74) is 0. The fourth-order valence-corrected chi connectivity index (χ4v) is 2.33. The van der Waals surface area contributed by atoms with Crippen molar-refractivity contribution in [1.82, 2.24) is 0 Å². The van der Waals surface area contributed by atoms with Gasteiger partial charge >= 0.3 is 0 Å². The number of ether oxygens (including phenoxy) is 1. The van der Waals surface area contributed by atoms with Crippen LogP contribution in [0.4, 0.5) is 0 Å². The second-order valence-corrected chi connectivity index (χ2v) is 4.66. The lowest BCUT2D eigenvalue weighted by Gasteiger charge is -2.28. The van der Waals surface area contributed by atoms with E-state index in [0.29, 0.717) is 19.1 Å². The van der Waals surface area contributed by atoms with E-state index in [-0.39, 0.29) is 5.78 Å². The minimum Gasteiger partial charge on any atom is -0.370 e. The monoisotopic (exact) mass is 212 g/mol. The SMILES string of the molecule is CCCC(=O)COC1CCCC(CC)C1. The normalized spacial score (nSPS) is 26.5. The maximum absolute atomic E-state index is 11.3. The summed E-state index contributed by atoms with van der Waals surface area (Å²) in [6.07, 6.45) is 8.14. The highest BCUT2D eigenvalue weighted by Gasteiger charge is 2.21. The van der Waals surface area contributed by atoms with Crippen LogP contribution in [0.1, 0.15) is 58.8 Å². The molecule has 1 saturated carbocycles. The topological polar surface area (TPSA) is 26.3 Å². The van der Waals surface area contributed by atoms with Gasteiger partial charge in [-0.25, -0.2) is 0 Å². The number of hydrogen-bond acceptors (Lipinski definition) is 2. The molecule has 2 nitrogen and oxygen atoms in total. The van der Waals surface area contributed by atoms with Crippen LogP contribution < -0.4 is 0 Å². The average molecular weight is 212 g/mol. The molecule has 2 atom stereocenters. The molecule has 0 radical (unpaired) electrons. The van der Waals surface area contributed by atoms with Crippen molar-refractivity contribution in [3.8, 4) is 0 Å². The first-order chi connectivity index (χ1) is 7.26. The molecule has 0 bridgehead atoms. The zero-order chi connectivity index (χ0) is 11.1. The van der Waals surface area contributed by atoms with E-state index in [4.69, 9.17) is 4.74 Å². The third-order valence-electron chi connectivity index (χ3n) is 3.32. The Morgan fingerprint density at radius 2 is 2.13 bits per heavy atom. The second kappa shape index (κ2) is 7.00. The van der Waals surface area contributed by atoms with Gasteiger partial charge in [0, 0.05) is 6.42 Å². The molecule has 1 rings (SSSR count). The van der Waals surface area contributed by atoms with Crippen molar-refractivity contribution in [2.75, 3.05) is 6.61 Å². The van der Waals surface area contributed by atoms with Gasteiger partial charge in [0.1, 0.15) is 6.61 Å². The molecule has 2 heteroatoms. The second-order valence-electron chi connectivity index (χ2n) is 4.66. The quantitative estimate of drug-likeness (QED) is 0.675. The summed E-state index contributed by atoms with van der Waals surface area (Å²) >= 11 is 0. The Morgan fingerprint density at radius 3 is 2.80 bits per heavy atom. The summed E-state index contributed by atoms with van der Waals surface area (Å²) in [5.74, 6) is 1.08. The molecule has 0 aliphatic heterocycles. The molecule has 0 spiro atoms. The first kappa shape index (κ1) is 12.7. The van der Waals surface area contributed by atoms with Gasteiger partial charge in [0.25, 0.3) is 0 Å². The lowest BCUT2D eigenvalue weighted by atomic mass is 9.85. The van der Waals surface area contributed by atoms with Crippen LogP contribution in [0, 0.1) is 5.92 Å². The Kier molecular flexibility index (Phi) is 5.92. The number of carbonyl (C=O) groups is 1. The Labute approximate surface area is 93.4 Å². The molecule has 0 aromatic carbocycles. The predicted molar refractivity (Wildman–Crippen MR) is 61.9 cm³/mol. The van der Waals surface area contributed by atoms with Crippen molar-refractivity contribution in [3.05, 3.63) is 0 Å². The molecule has 0 heterocycles. The Balaban J connectivity index is 2.17. The first-order valence-electron chi connectivity index (χ1n) is 6.39. The van der Waals surface area contributed by atoms with E-state index in [9.17, 15) is 4.79 Å². The lowest BCUT2D eigenvalue weighted by molar-refractivity contribution is -0.126. The molecule has 0 aromatic rings. The summed E-state index contributed by atoms with van der Waals surface area (Å²) in [4.78, 5) is 11.3. The van der Waals surface area contributed by atoms with Crippen LogP contribution in [0.15, 0.2) is 0 Å². The van der Waals surface area contributed by atoms with Crippen molar-refractivity contribution in [1.29, 1.82) is 0 Å². The van der Waals surface area contributed by atoms with Gasteiger partial charge in [-0.3, -0.25) is 4.79 Å². The van der Waals surface area contributed by atoms with E-state index in [2.05, 4.69) is 6.92 Å². The number of Topliss-reactive ketones (excluding diaryl/α,β-unsaturated/α-hetero) is 1. The zero-order valence-electron chi connectivity index (χ0n) is 10.1. The van der Waals surface area contributed by atoms with E-state index < -0.39 is 0 Å². The van der Waals surface area contributed by atoms with Crippen LogP contribution in [0.5, 0.6) is 0 Å². The first-order valence-corrected chi connectivity index (χ1v) is 6.39. The number of carbonyl (C=O) groups excluding carboxylic acids is 1. The minimum absolute atomic E-state index is 0.260. The van der Waals surface area contributed by atoms with Gasteiger partial charge in [0.15, 0.2) is 5.78 Å². The fourth-order valence-electron chi connectivity index (χ4n) is 2.33. The fraction of sp³-hybridized carbons (Fsp3) is 0.923. The summed E-state index contributed by atoms with van der Waals surface area (Å²) in [5, 5.41) is 0. The van der Waals surface area contributed by atoms with E-state index in [1.165, 1.54) is 19.3 Å². The highest BCUT2D eigenvalue weighted by molar-refractivity contribution is 5.79. The van der Waals surface area contributed by atoms with Crippen LogP contribution >= 0.6 is 0 Å². The smallest absolute Gasteiger partial charge is 0.158 e. The molecule has 88 valence electrons. The molecule has 15 heavy (non-hydrogen) atoms. The Bertz CT molecular complexity index is 189. The molecule has 1 aliphatic rings. The van der Waals surface area contributed by atoms with Crippen molar-refractivity contribution in [2.45, 2.75) is 64.9 Å². The van der Waals surface area contributed by atoms with E-state index in [1.807, 2.05) is 6.92 Å². The number of rotatable bonds is 6. The van der Waals surface area contributed by atoms with Crippen molar-refractivity contribution in [2.24, 2.45) is 5.92 Å².